The molecule has 3 aromatic rings. The van der Waals surface area contributed by atoms with Crippen molar-refractivity contribution in [1.29, 1.82) is 0 Å². The zero-order valence-electron chi connectivity index (χ0n) is 14.9. The summed E-state index contributed by atoms with van der Waals surface area (Å²) in [6.45, 7) is 3.90. The summed E-state index contributed by atoms with van der Waals surface area (Å²) in [7, 11) is 0. The zero-order valence-corrected chi connectivity index (χ0v) is 14.9. The van der Waals surface area contributed by atoms with E-state index in [-0.39, 0.29) is 5.82 Å². The zero-order chi connectivity index (χ0) is 20.4. The monoisotopic (exact) mass is 388 g/mol. The Morgan fingerprint density at radius 2 is 1.68 bits per heavy atom. The van der Waals surface area contributed by atoms with E-state index in [1.165, 1.54) is 6.07 Å². The van der Waals surface area contributed by atoms with Crippen LogP contribution in [0.2, 0.25) is 0 Å². The molecule has 0 unspecified atom stereocenters. The highest BCUT2D eigenvalue weighted by atomic mass is 19.2. The van der Waals surface area contributed by atoms with Gasteiger partial charge >= 0.3 is 11.8 Å². The van der Waals surface area contributed by atoms with E-state index in [1.54, 1.807) is 0 Å². The van der Waals surface area contributed by atoms with Crippen LogP contribution in [0.25, 0.3) is 11.3 Å². The van der Waals surface area contributed by atoms with Gasteiger partial charge in [-0.1, -0.05) is 18.2 Å². The molecule has 0 saturated carbocycles. The third kappa shape index (κ3) is 3.73. The summed E-state index contributed by atoms with van der Waals surface area (Å²) < 4.78 is 39.7. The first-order valence-electron chi connectivity index (χ1n) is 8.15. The number of hydrogen-bond acceptors (Lipinski definition) is 3. The van der Waals surface area contributed by atoms with Crippen LogP contribution < -0.4 is 10.6 Å². The van der Waals surface area contributed by atoms with Crippen molar-refractivity contribution in [3.05, 3.63) is 65.0 Å². The van der Waals surface area contributed by atoms with Crippen molar-refractivity contribution < 1.29 is 22.8 Å². The van der Waals surface area contributed by atoms with Crippen molar-refractivity contribution >= 4 is 23.3 Å². The molecule has 6 nitrogen and oxygen atoms in total. The van der Waals surface area contributed by atoms with Crippen LogP contribution in [-0.2, 0) is 9.59 Å². The minimum Gasteiger partial charge on any atom is -0.315 e. The first-order chi connectivity index (χ1) is 13.3. The molecular weight excluding hydrogens is 373 g/mol. The normalized spacial score (nSPS) is 10.6. The molecule has 1 aromatic heterocycles. The third-order valence-electron chi connectivity index (χ3n) is 4.20. The fourth-order valence-electron chi connectivity index (χ4n) is 2.54. The first kappa shape index (κ1) is 19.2. The highest BCUT2D eigenvalue weighted by molar-refractivity contribution is 6.43. The molecule has 0 aliphatic carbocycles. The fourth-order valence-corrected chi connectivity index (χ4v) is 2.54. The largest absolute Gasteiger partial charge is 0.315 e. The Kier molecular flexibility index (Phi) is 5.16. The molecule has 3 N–H and O–H groups in total. The second-order valence-corrected chi connectivity index (χ2v) is 6.05. The van der Waals surface area contributed by atoms with Gasteiger partial charge < -0.3 is 10.6 Å². The van der Waals surface area contributed by atoms with Gasteiger partial charge in [-0.15, -0.1) is 0 Å². The Morgan fingerprint density at radius 1 is 0.964 bits per heavy atom. The molecule has 0 saturated heterocycles. The number of carbonyl (C=O) groups excluding carboxylic acids is 2. The van der Waals surface area contributed by atoms with Crippen molar-refractivity contribution in [3.63, 3.8) is 0 Å². The molecule has 0 atom stereocenters. The van der Waals surface area contributed by atoms with Gasteiger partial charge in [0.05, 0.1) is 11.4 Å². The van der Waals surface area contributed by atoms with Crippen molar-refractivity contribution in [3.8, 4) is 11.3 Å². The van der Waals surface area contributed by atoms with Gasteiger partial charge in [0.1, 0.15) is 0 Å². The van der Waals surface area contributed by atoms with Crippen molar-refractivity contribution in [2.24, 2.45) is 0 Å². The first-order valence-corrected chi connectivity index (χ1v) is 8.15. The van der Waals surface area contributed by atoms with Crippen molar-refractivity contribution in [2.75, 3.05) is 10.6 Å². The van der Waals surface area contributed by atoms with Gasteiger partial charge in [-0.05, 0) is 37.1 Å². The molecule has 0 radical (unpaired) electrons. The van der Waals surface area contributed by atoms with Gasteiger partial charge in [-0.3, -0.25) is 14.7 Å². The second-order valence-electron chi connectivity index (χ2n) is 6.05. The van der Waals surface area contributed by atoms with Crippen molar-refractivity contribution in [2.45, 2.75) is 13.8 Å². The minimum absolute atomic E-state index is 0.0711. The molecular formula is C19H15F3N4O2. The lowest BCUT2D eigenvalue weighted by molar-refractivity contribution is -0.133. The quantitative estimate of drug-likeness (QED) is 0.472. The van der Waals surface area contributed by atoms with E-state index in [9.17, 15) is 22.8 Å². The summed E-state index contributed by atoms with van der Waals surface area (Å²) in [6.07, 6.45) is 0. The highest BCUT2D eigenvalue weighted by Gasteiger charge is 2.20. The maximum atomic E-state index is 13.6. The number of nitrogens with one attached hydrogen (secondary N) is 3. The smallest absolute Gasteiger partial charge is 0.315 e. The van der Waals surface area contributed by atoms with E-state index in [0.29, 0.717) is 11.8 Å². The van der Waals surface area contributed by atoms with Crippen LogP contribution in [0.5, 0.6) is 0 Å². The number of anilines is 2. The predicted molar refractivity (Wildman–Crippen MR) is 97.1 cm³/mol. The number of aromatic nitrogens is 2. The van der Waals surface area contributed by atoms with Gasteiger partial charge in [0.2, 0.25) is 0 Å². The van der Waals surface area contributed by atoms with Gasteiger partial charge in [-0.2, -0.15) is 5.10 Å². The summed E-state index contributed by atoms with van der Waals surface area (Å²) in [6, 6.07) is 8.69. The number of carbonyl (C=O) groups is 2. The number of rotatable bonds is 3. The average molecular weight is 388 g/mol. The number of halogens is 3. The number of amides is 2. The molecule has 2 aromatic carbocycles. The molecule has 3 rings (SSSR count). The molecule has 0 fully saturated rings. The molecule has 2 amide bonds. The molecule has 1 heterocycles. The third-order valence-corrected chi connectivity index (χ3v) is 4.20. The highest BCUT2D eigenvalue weighted by Crippen LogP contribution is 2.25. The molecule has 28 heavy (non-hydrogen) atoms. The Morgan fingerprint density at radius 3 is 2.43 bits per heavy atom. The number of hydrogen-bond donors (Lipinski definition) is 3. The van der Waals surface area contributed by atoms with E-state index in [1.807, 2.05) is 37.4 Å². The number of nitrogens with zero attached hydrogens (tertiary/aromatic N) is 1. The van der Waals surface area contributed by atoms with E-state index in [4.69, 9.17) is 0 Å². The standard InChI is InChI=1S/C19H15F3N4O2/c1-9-4-3-5-11(10(9)2)14-8-15(26-25-14)24-19(28)18(27)23-13-7-6-12(20)16(21)17(13)22/h3-8H,1-2H3,(H,23,27)(H2,24,25,26,28). The molecule has 9 heteroatoms. The summed E-state index contributed by atoms with van der Waals surface area (Å²) in [5.41, 5.74) is 2.95. The summed E-state index contributed by atoms with van der Waals surface area (Å²) in [5, 5.41) is 10.8. The Bertz CT molecular complexity index is 1080. The van der Waals surface area contributed by atoms with Crippen LogP contribution in [-0.4, -0.2) is 22.0 Å². The topological polar surface area (TPSA) is 86.9 Å². The Labute approximate surface area is 157 Å². The second kappa shape index (κ2) is 7.55. The Hall–Kier alpha value is -3.62. The van der Waals surface area contributed by atoms with E-state index in [0.717, 1.165) is 22.8 Å². The lowest BCUT2D eigenvalue weighted by Gasteiger charge is -2.07. The molecule has 0 aliphatic heterocycles. The van der Waals surface area contributed by atoms with Crippen LogP contribution in [0, 0.1) is 31.3 Å². The Balaban J connectivity index is 1.72. The van der Waals surface area contributed by atoms with Crippen LogP contribution in [0.3, 0.4) is 0 Å². The van der Waals surface area contributed by atoms with Crippen molar-refractivity contribution in [1.82, 2.24) is 10.2 Å². The van der Waals surface area contributed by atoms with Crippen LogP contribution >= 0.6 is 0 Å². The molecule has 0 aliphatic rings. The number of aromatic amines is 1. The van der Waals surface area contributed by atoms with Gasteiger partial charge in [-0.25, -0.2) is 13.2 Å². The lowest BCUT2D eigenvalue weighted by Crippen LogP contribution is -2.29. The van der Waals surface area contributed by atoms with Crippen LogP contribution in [0.4, 0.5) is 24.7 Å². The van der Waals surface area contributed by atoms with Gasteiger partial charge in [0.15, 0.2) is 23.3 Å². The van der Waals surface area contributed by atoms with E-state index < -0.39 is 35.0 Å². The van der Waals surface area contributed by atoms with E-state index in [2.05, 4.69) is 15.5 Å². The number of benzene rings is 2. The molecule has 144 valence electrons. The maximum absolute atomic E-state index is 13.6. The molecule has 0 spiro atoms. The number of H-pyrrole nitrogens is 1. The summed E-state index contributed by atoms with van der Waals surface area (Å²) in [4.78, 5) is 23.9. The number of aryl methyl sites for hydroxylation is 1. The van der Waals surface area contributed by atoms with Crippen LogP contribution in [0.1, 0.15) is 11.1 Å². The van der Waals surface area contributed by atoms with Gasteiger partial charge in [0, 0.05) is 11.6 Å². The predicted octanol–water partition coefficient (Wildman–Crippen LogP) is 3.69. The SMILES string of the molecule is Cc1cccc(-c2cc(NC(=O)C(=O)Nc3ccc(F)c(F)c3F)n[nH]2)c1C. The molecule has 0 bridgehead atoms. The minimum atomic E-state index is -1.75. The maximum Gasteiger partial charge on any atom is 0.315 e. The average Bonchev–Trinajstić information content (AvgIpc) is 3.12. The van der Waals surface area contributed by atoms with Crippen LogP contribution in [0.15, 0.2) is 36.4 Å². The summed E-state index contributed by atoms with van der Waals surface area (Å²) in [5.74, 6) is -7.09. The fraction of sp³-hybridized carbons (Fsp3) is 0.105. The lowest BCUT2D eigenvalue weighted by atomic mass is 10.0. The van der Waals surface area contributed by atoms with Gasteiger partial charge in [0.25, 0.3) is 0 Å². The summed E-state index contributed by atoms with van der Waals surface area (Å²) >= 11 is 0. The van der Waals surface area contributed by atoms with E-state index >= 15 is 0 Å².